The lowest BCUT2D eigenvalue weighted by molar-refractivity contribution is 0.726. The largest absolute Gasteiger partial charge is 0.370 e. The number of anilines is 1. The Labute approximate surface area is 98.7 Å². The van der Waals surface area contributed by atoms with Crippen LogP contribution in [-0.2, 0) is 0 Å². The van der Waals surface area contributed by atoms with Crippen LogP contribution in [0.5, 0.6) is 0 Å². The van der Waals surface area contributed by atoms with Crippen LogP contribution in [0.4, 0.5) is 5.69 Å². The number of nitrogens with zero attached hydrogens (tertiary/aromatic N) is 2. The van der Waals surface area contributed by atoms with Gasteiger partial charge in [0.2, 0.25) is 0 Å². The molecular weight excluding hydrogens is 196 g/mol. The molecule has 0 amide bonds. The Balaban J connectivity index is 2.07. The van der Waals surface area contributed by atoms with Crippen molar-refractivity contribution in [1.82, 2.24) is 4.98 Å². The molecule has 1 aromatic heterocycles. The summed E-state index contributed by atoms with van der Waals surface area (Å²) in [6.07, 6.45) is 7.46. The molecule has 0 saturated carbocycles. The van der Waals surface area contributed by atoms with Crippen LogP contribution in [0.3, 0.4) is 0 Å². The number of rotatable bonds is 2. The highest BCUT2D eigenvalue weighted by atomic mass is 15.1. The highest BCUT2D eigenvalue weighted by molar-refractivity contribution is 5.44. The third-order valence-electron chi connectivity index (χ3n) is 3.33. The Hall–Kier alpha value is -1.05. The van der Waals surface area contributed by atoms with E-state index in [9.17, 15) is 0 Å². The maximum Gasteiger partial charge on any atom is 0.0552 e. The molecule has 0 aliphatic carbocycles. The van der Waals surface area contributed by atoms with E-state index in [1.54, 1.807) is 0 Å². The molecule has 1 aromatic rings. The minimum Gasteiger partial charge on any atom is -0.370 e. The first-order chi connectivity index (χ1) is 7.77. The van der Waals surface area contributed by atoms with Gasteiger partial charge in [0.05, 0.1) is 11.9 Å². The highest BCUT2D eigenvalue weighted by Gasteiger charge is 2.10. The van der Waals surface area contributed by atoms with Crippen molar-refractivity contribution < 1.29 is 0 Å². The van der Waals surface area contributed by atoms with Gasteiger partial charge in [0, 0.05) is 18.8 Å². The lowest BCUT2D eigenvalue weighted by Gasteiger charge is -2.22. The smallest absolute Gasteiger partial charge is 0.0552 e. The van der Waals surface area contributed by atoms with Crippen LogP contribution in [0.1, 0.15) is 51.1 Å². The van der Waals surface area contributed by atoms with Gasteiger partial charge in [0.15, 0.2) is 0 Å². The SMILES string of the molecule is CC(C)c1ccc(N2CCCCCC2)cn1. The molecule has 1 fully saturated rings. The molecule has 1 aliphatic rings. The molecule has 1 aliphatic heterocycles. The van der Waals surface area contributed by atoms with Crippen molar-refractivity contribution in [2.45, 2.75) is 45.4 Å². The van der Waals surface area contributed by atoms with Crippen molar-refractivity contribution in [3.8, 4) is 0 Å². The zero-order valence-electron chi connectivity index (χ0n) is 10.4. The van der Waals surface area contributed by atoms with E-state index in [0.717, 1.165) is 0 Å². The van der Waals surface area contributed by atoms with E-state index < -0.39 is 0 Å². The number of hydrogen-bond donors (Lipinski definition) is 0. The highest BCUT2D eigenvalue weighted by Crippen LogP contribution is 2.20. The Morgan fingerprint density at radius 3 is 2.25 bits per heavy atom. The molecule has 16 heavy (non-hydrogen) atoms. The molecule has 0 bridgehead atoms. The molecule has 2 nitrogen and oxygen atoms in total. The van der Waals surface area contributed by atoms with Gasteiger partial charge in [-0.25, -0.2) is 0 Å². The van der Waals surface area contributed by atoms with Crippen LogP contribution >= 0.6 is 0 Å². The summed E-state index contributed by atoms with van der Waals surface area (Å²) in [5, 5.41) is 0. The average Bonchev–Trinajstić information content (AvgIpc) is 2.57. The fraction of sp³-hybridized carbons (Fsp3) is 0.643. The molecule has 0 atom stereocenters. The summed E-state index contributed by atoms with van der Waals surface area (Å²) in [6.45, 7) is 6.77. The predicted molar refractivity (Wildman–Crippen MR) is 69.0 cm³/mol. The van der Waals surface area contributed by atoms with Crippen molar-refractivity contribution in [3.63, 3.8) is 0 Å². The van der Waals surface area contributed by atoms with Crippen molar-refractivity contribution in [2.75, 3.05) is 18.0 Å². The number of hydrogen-bond acceptors (Lipinski definition) is 2. The van der Waals surface area contributed by atoms with Gasteiger partial charge in [-0.1, -0.05) is 26.7 Å². The van der Waals surface area contributed by atoms with Gasteiger partial charge >= 0.3 is 0 Å². The van der Waals surface area contributed by atoms with Gasteiger partial charge in [-0.15, -0.1) is 0 Å². The first-order valence-electron chi connectivity index (χ1n) is 6.48. The predicted octanol–water partition coefficient (Wildman–Crippen LogP) is 3.59. The van der Waals surface area contributed by atoms with Crippen LogP contribution in [0.2, 0.25) is 0 Å². The second kappa shape index (κ2) is 5.33. The van der Waals surface area contributed by atoms with Crippen molar-refractivity contribution in [1.29, 1.82) is 0 Å². The summed E-state index contributed by atoms with van der Waals surface area (Å²) in [5.41, 5.74) is 2.49. The third kappa shape index (κ3) is 2.75. The molecular formula is C14H22N2. The van der Waals surface area contributed by atoms with E-state index in [1.165, 1.54) is 50.2 Å². The maximum atomic E-state index is 4.54. The first kappa shape index (κ1) is 11.4. The van der Waals surface area contributed by atoms with Gasteiger partial charge in [0.25, 0.3) is 0 Å². The summed E-state index contributed by atoms with van der Waals surface area (Å²) in [6, 6.07) is 4.40. The van der Waals surface area contributed by atoms with Crippen molar-refractivity contribution in [3.05, 3.63) is 24.0 Å². The molecule has 0 N–H and O–H groups in total. The molecule has 0 aromatic carbocycles. The monoisotopic (exact) mass is 218 g/mol. The topological polar surface area (TPSA) is 16.1 Å². The van der Waals surface area contributed by atoms with Crippen LogP contribution in [0.25, 0.3) is 0 Å². The Morgan fingerprint density at radius 2 is 1.75 bits per heavy atom. The van der Waals surface area contributed by atoms with Crippen molar-refractivity contribution in [2.24, 2.45) is 0 Å². The summed E-state index contributed by atoms with van der Waals surface area (Å²) in [4.78, 5) is 7.02. The van der Waals surface area contributed by atoms with E-state index in [-0.39, 0.29) is 0 Å². The molecule has 2 rings (SSSR count). The third-order valence-corrected chi connectivity index (χ3v) is 3.33. The zero-order valence-corrected chi connectivity index (χ0v) is 10.4. The minimum atomic E-state index is 0.526. The van der Waals surface area contributed by atoms with E-state index in [1.807, 2.05) is 6.20 Å². The molecule has 0 spiro atoms. The van der Waals surface area contributed by atoms with Gasteiger partial charge in [-0.05, 0) is 30.9 Å². The van der Waals surface area contributed by atoms with Crippen LogP contribution in [-0.4, -0.2) is 18.1 Å². The molecule has 0 unspecified atom stereocenters. The van der Waals surface area contributed by atoms with Gasteiger partial charge < -0.3 is 4.90 Å². The van der Waals surface area contributed by atoms with Gasteiger partial charge in [0.1, 0.15) is 0 Å². The number of aromatic nitrogens is 1. The summed E-state index contributed by atoms with van der Waals surface area (Å²) >= 11 is 0. The molecule has 2 heterocycles. The Kier molecular flexibility index (Phi) is 3.81. The second-order valence-corrected chi connectivity index (χ2v) is 5.00. The van der Waals surface area contributed by atoms with Crippen LogP contribution < -0.4 is 4.90 Å². The summed E-state index contributed by atoms with van der Waals surface area (Å²) in [7, 11) is 0. The molecule has 0 radical (unpaired) electrons. The van der Waals surface area contributed by atoms with E-state index >= 15 is 0 Å². The first-order valence-corrected chi connectivity index (χ1v) is 6.48. The zero-order chi connectivity index (χ0) is 11.4. The fourth-order valence-corrected chi connectivity index (χ4v) is 2.25. The summed E-state index contributed by atoms with van der Waals surface area (Å²) in [5.74, 6) is 0.526. The second-order valence-electron chi connectivity index (χ2n) is 5.00. The quantitative estimate of drug-likeness (QED) is 0.754. The summed E-state index contributed by atoms with van der Waals surface area (Å²) < 4.78 is 0. The standard InChI is InChI=1S/C14H22N2/c1-12(2)14-8-7-13(11-15-14)16-9-5-3-4-6-10-16/h7-8,11-12H,3-6,9-10H2,1-2H3. The molecule has 88 valence electrons. The van der Waals surface area contributed by atoms with E-state index in [0.29, 0.717) is 5.92 Å². The Bertz CT molecular complexity index is 308. The molecule has 1 saturated heterocycles. The van der Waals surface area contributed by atoms with Crippen LogP contribution in [0.15, 0.2) is 18.3 Å². The van der Waals surface area contributed by atoms with Crippen LogP contribution in [0, 0.1) is 0 Å². The maximum absolute atomic E-state index is 4.54. The number of pyridine rings is 1. The van der Waals surface area contributed by atoms with Gasteiger partial charge in [-0.2, -0.15) is 0 Å². The Morgan fingerprint density at radius 1 is 1.06 bits per heavy atom. The minimum absolute atomic E-state index is 0.526. The fourth-order valence-electron chi connectivity index (χ4n) is 2.25. The van der Waals surface area contributed by atoms with Crippen molar-refractivity contribution >= 4 is 5.69 Å². The molecule has 2 heteroatoms. The normalized spacial score (nSPS) is 17.6. The average molecular weight is 218 g/mol. The lowest BCUT2D eigenvalue weighted by atomic mass is 10.1. The van der Waals surface area contributed by atoms with E-state index in [4.69, 9.17) is 0 Å². The van der Waals surface area contributed by atoms with E-state index in [2.05, 4.69) is 35.9 Å². The lowest BCUT2D eigenvalue weighted by Crippen LogP contribution is -2.23. The van der Waals surface area contributed by atoms with Gasteiger partial charge in [-0.3, -0.25) is 4.98 Å².